The van der Waals surface area contributed by atoms with Crippen LogP contribution in [0.4, 0.5) is 0 Å². The van der Waals surface area contributed by atoms with Gasteiger partial charge in [-0.1, -0.05) is 76.6 Å². The largest absolute Gasteiger partial charge is 0.466 e. The monoisotopic (exact) mass is 332 g/mol. The Bertz CT molecular complexity index is 403. The number of esters is 1. The Morgan fingerprint density at radius 3 is 1.67 bits per heavy atom. The summed E-state index contributed by atoms with van der Waals surface area (Å²) in [7, 11) is 0. The van der Waals surface area contributed by atoms with Crippen molar-refractivity contribution in [1.29, 1.82) is 0 Å². The summed E-state index contributed by atoms with van der Waals surface area (Å²) in [6.07, 6.45) is 16.8. The molecule has 0 atom stereocenters. The highest BCUT2D eigenvalue weighted by Crippen LogP contribution is 2.07. The number of carbonyl (C=O) groups excluding carboxylic acids is 1. The zero-order chi connectivity index (χ0) is 17.7. The zero-order valence-corrected chi connectivity index (χ0v) is 15.9. The van der Waals surface area contributed by atoms with E-state index in [0.29, 0.717) is 6.61 Å². The number of rotatable bonds is 14. The van der Waals surface area contributed by atoms with E-state index < -0.39 is 0 Å². The van der Waals surface area contributed by atoms with Crippen LogP contribution in [-0.2, 0) is 9.53 Å². The lowest BCUT2D eigenvalue weighted by molar-refractivity contribution is -0.141. The van der Waals surface area contributed by atoms with Gasteiger partial charge < -0.3 is 4.74 Å². The van der Waals surface area contributed by atoms with Crippen molar-refractivity contribution in [3.05, 3.63) is 0 Å². The minimum atomic E-state index is -0.177. The number of carbonyl (C=O) groups is 1. The Morgan fingerprint density at radius 2 is 1.17 bits per heavy atom. The molecule has 0 aliphatic heterocycles. The molecule has 24 heavy (non-hydrogen) atoms. The third-order valence-electron chi connectivity index (χ3n) is 3.90. The first kappa shape index (κ1) is 22.6. The van der Waals surface area contributed by atoms with E-state index in [4.69, 9.17) is 4.74 Å². The van der Waals surface area contributed by atoms with E-state index >= 15 is 0 Å². The second-order valence-corrected chi connectivity index (χ2v) is 6.33. The zero-order valence-electron chi connectivity index (χ0n) is 15.9. The minimum Gasteiger partial charge on any atom is -0.466 e. The quantitative estimate of drug-likeness (QED) is 0.220. The molecule has 0 spiro atoms. The second-order valence-electron chi connectivity index (χ2n) is 6.33. The SMILES string of the molecule is CCCCCCCCC#CC#CCCCCCCCCOC(C)=O. The third-order valence-corrected chi connectivity index (χ3v) is 3.90. The molecular weight excluding hydrogens is 296 g/mol. The minimum absolute atomic E-state index is 0.177. The van der Waals surface area contributed by atoms with E-state index in [1.807, 2.05) is 0 Å². The van der Waals surface area contributed by atoms with Gasteiger partial charge in [-0.05, 0) is 31.1 Å². The van der Waals surface area contributed by atoms with Crippen LogP contribution >= 0.6 is 0 Å². The third kappa shape index (κ3) is 20.6. The van der Waals surface area contributed by atoms with Gasteiger partial charge in [0.2, 0.25) is 0 Å². The van der Waals surface area contributed by atoms with E-state index in [1.54, 1.807) is 0 Å². The number of hydrogen-bond acceptors (Lipinski definition) is 2. The van der Waals surface area contributed by atoms with Gasteiger partial charge in [-0.3, -0.25) is 4.79 Å². The summed E-state index contributed by atoms with van der Waals surface area (Å²) >= 11 is 0. The molecule has 0 bridgehead atoms. The molecule has 0 unspecified atom stereocenters. The van der Waals surface area contributed by atoms with Crippen LogP contribution in [0.5, 0.6) is 0 Å². The van der Waals surface area contributed by atoms with Gasteiger partial charge in [0.05, 0.1) is 6.61 Å². The first-order chi connectivity index (χ1) is 11.8. The van der Waals surface area contributed by atoms with Crippen LogP contribution in [0.2, 0.25) is 0 Å². The number of unbranched alkanes of at least 4 members (excludes halogenated alkanes) is 12. The maximum absolute atomic E-state index is 10.6. The lowest BCUT2D eigenvalue weighted by Gasteiger charge is -2.01. The summed E-state index contributed by atoms with van der Waals surface area (Å²) < 4.78 is 4.90. The number of hydrogen-bond donors (Lipinski definition) is 0. The normalized spacial score (nSPS) is 9.58. The predicted octanol–water partition coefficient (Wildman–Crippen LogP) is 6.04. The molecule has 0 fully saturated rings. The summed E-state index contributed by atoms with van der Waals surface area (Å²) in [4.78, 5) is 10.6. The summed E-state index contributed by atoms with van der Waals surface area (Å²) in [6.45, 7) is 4.27. The van der Waals surface area contributed by atoms with Gasteiger partial charge in [0, 0.05) is 19.8 Å². The molecule has 2 heteroatoms. The fourth-order valence-corrected chi connectivity index (χ4v) is 2.45. The van der Waals surface area contributed by atoms with Crippen molar-refractivity contribution >= 4 is 5.97 Å². The lowest BCUT2D eigenvalue weighted by Crippen LogP contribution is -1.99. The van der Waals surface area contributed by atoms with Crippen molar-refractivity contribution < 1.29 is 9.53 Å². The molecule has 2 nitrogen and oxygen atoms in total. The van der Waals surface area contributed by atoms with Crippen molar-refractivity contribution in [3.8, 4) is 23.7 Å². The van der Waals surface area contributed by atoms with Gasteiger partial charge in [0.15, 0.2) is 0 Å². The van der Waals surface area contributed by atoms with E-state index in [9.17, 15) is 4.79 Å². The molecule has 0 aliphatic carbocycles. The highest BCUT2D eigenvalue weighted by molar-refractivity contribution is 5.65. The molecule has 0 aliphatic rings. The van der Waals surface area contributed by atoms with Gasteiger partial charge in [-0.25, -0.2) is 0 Å². The standard InChI is InChI=1S/C22H36O2/c1-3-4-5-6-7-8-9-10-11-12-13-14-15-16-17-18-19-20-21-24-22(2)23/h3-9,14-21H2,1-2H3. The maximum Gasteiger partial charge on any atom is 0.302 e. The molecule has 0 amide bonds. The van der Waals surface area contributed by atoms with Crippen molar-refractivity contribution in [2.75, 3.05) is 6.61 Å². The predicted molar refractivity (Wildman–Crippen MR) is 102 cm³/mol. The van der Waals surface area contributed by atoms with Gasteiger partial charge in [-0.15, -0.1) is 0 Å². The Balaban J connectivity index is 3.25. The summed E-state index contributed by atoms with van der Waals surface area (Å²) in [5.41, 5.74) is 0. The fourth-order valence-electron chi connectivity index (χ4n) is 2.45. The fraction of sp³-hybridized carbons (Fsp3) is 0.773. The van der Waals surface area contributed by atoms with Crippen LogP contribution < -0.4 is 0 Å². The first-order valence-corrected chi connectivity index (χ1v) is 9.86. The van der Waals surface area contributed by atoms with Crippen LogP contribution in [-0.4, -0.2) is 12.6 Å². The van der Waals surface area contributed by atoms with Crippen LogP contribution in [0.15, 0.2) is 0 Å². The Morgan fingerprint density at radius 1 is 0.708 bits per heavy atom. The summed E-state index contributed by atoms with van der Waals surface area (Å²) in [5, 5.41) is 0. The molecule has 136 valence electrons. The van der Waals surface area contributed by atoms with E-state index in [-0.39, 0.29) is 5.97 Å². The molecule has 0 heterocycles. The van der Waals surface area contributed by atoms with E-state index in [1.165, 1.54) is 64.7 Å². The molecule has 0 aromatic rings. The smallest absolute Gasteiger partial charge is 0.302 e. The van der Waals surface area contributed by atoms with Crippen molar-refractivity contribution in [1.82, 2.24) is 0 Å². The lowest BCUT2D eigenvalue weighted by atomic mass is 10.1. The second kappa shape index (κ2) is 19.6. The topological polar surface area (TPSA) is 26.3 Å². The summed E-state index contributed by atoms with van der Waals surface area (Å²) in [5.74, 6) is 12.1. The van der Waals surface area contributed by atoms with Crippen LogP contribution in [0.1, 0.15) is 104 Å². The van der Waals surface area contributed by atoms with Gasteiger partial charge in [-0.2, -0.15) is 0 Å². The van der Waals surface area contributed by atoms with Crippen LogP contribution in [0.25, 0.3) is 0 Å². The van der Waals surface area contributed by atoms with Gasteiger partial charge in [0.1, 0.15) is 0 Å². The molecular formula is C22H36O2. The first-order valence-electron chi connectivity index (χ1n) is 9.86. The van der Waals surface area contributed by atoms with Crippen LogP contribution in [0, 0.1) is 23.7 Å². The van der Waals surface area contributed by atoms with E-state index in [2.05, 4.69) is 30.6 Å². The molecule has 0 rings (SSSR count). The number of ether oxygens (including phenoxy) is 1. The van der Waals surface area contributed by atoms with Gasteiger partial charge in [0.25, 0.3) is 0 Å². The van der Waals surface area contributed by atoms with Crippen molar-refractivity contribution in [2.45, 2.75) is 104 Å². The molecule has 0 saturated heterocycles. The van der Waals surface area contributed by atoms with Crippen molar-refractivity contribution in [2.24, 2.45) is 0 Å². The average molecular weight is 333 g/mol. The molecule has 0 radical (unpaired) electrons. The molecule has 0 aromatic heterocycles. The highest BCUT2D eigenvalue weighted by Gasteiger charge is 1.93. The molecule has 0 saturated carbocycles. The maximum atomic E-state index is 10.6. The van der Waals surface area contributed by atoms with E-state index in [0.717, 1.165) is 32.1 Å². The Hall–Kier alpha value is -1.41. The molecule has 0 N–H and O–H groups in total. The molecule has 0 aromatic carbocycles. The Labute approximate surface area is 150 Å². The van der Waals surface area contributed by atoms with Crippen molar-refractivity contribution in [3.63, 3.8) is 0 Å². The summed E-state index contributed by atoms with van der Waals surface area (Å²) in [6, 6.07) is 0. The van der Waals surface area contributed by atoms with Crippen LogP contribution in [0.3, 0.4) is 0 Å². The average Bonchev–Trinajstić information content (AvgIpc) is 2.56. The Kier molecular flexibility index (Phi) is 18.5. The van der Waals surface area contributed by atoms with Gasteiger partial charge >= 0.3 is 5.97 Å². The highest BCUT2D eigenvalue weighted by atomic mass is 16.5.